The first kappa shape index (κ1) is 15.4. The SMILES string of the molecule is CC1CCCC2(C1)NC(=O)N(Cc1nnc(C(C)C)s1)C2=O. The monoisotopic (exact) mass is 322 g/mol. The van der Waals surface area contributed by atoms with E-state index >= 15 is 0 Å². The van der Waals surface area contributed by atoms with Gasteiger partial charge in [0.15, 0.2) is 0 Å². The topological polar surface area (TPSA) is 75.2 Å². The van der Waals surface area contributed by atoms with Crippen LogP contribution < -0.4 is 5.32 Å². The summed E-state index contributed by atoms with van der Waals surface area (Å²) in [4.78, 5) is 26.4. The molecule has 1 spiro atoms. The number of nitrogens with zero attached hydrogens (tertiary/aromatic N) is 3. The van der Waals surface area contributed by atoms with E-state index in [1.54, 1.807) is 0 Å². The van der Waals surface area contributed by atoms with E-state index < -0.39 is 5.54 Å². The molecule has 2 atom stereocenters. The van der Waals surface area contributed by atoms with Crippen LogP contribution in [0.1, 0.15) is 62.4 Å². The number of aromatic nitrogens is 2. The maximum Gasteiger partial charge on any atom is 0.325 e. The van der Waals surface area contributed by atoms with E-state index in [-0.39, 0.29) is 18.5 Å². The molecule has 6 nitrogen and oxygen atoms in total. The molecule has 0 aromatic carbocycles. The second-order valence-corrected chi connectivity index (χ2v) is 7.89. The lowest BCUT2D eigenvalue weighted by Crippen LogP contribution is -2.50. The van der Waals surface area contributed by atoms with Crippen molar-refractivity contribution >= 4 is 23.3 Å². The zero-order valence-electron chi connectivity index (χ0n) is 13.3. The summed E-state index contributed by atoms with van der Waals surface area (Å²) in [5.74, 6) is 0.678. The number of urea groups is 1. The molecule has 1 saturated carbocycles. The van der Waals surface area contributed by atoms with Crippen molar-refractivity contribution in [3.8, 4) is 0 Å². The molecule has 2 unspecified atom stereocenters. The minimum absolute atomic E-state index is 0.0923. The standard InChI is InChI=1S/C15H22N4O2S/c1-9(2)12-18-17-11(22-12)8-19-13(20)15(16-14(19)21)6-4-5-10(3)7-15/h9-10H,4-8H2,1-3H3,(H,16,21). The van der Waals surface area contributed by atoms with Gasteiger partial charge in [0, 0.05) is 5.92 Å². The lowest BCUT2D eigenvalue weighted by atomic mass is 9.76. The Bertz CT molecular complexity index is 600. The van der Waals surface area contributed by atoms with E-state index in [0.717, 1.165) is 30.7 Å². The molecule has 22 heavy (non-hydrogen) atoms. The molecular weight excluding hydrogens is 300 g/mol. The third-order valence-electron chi connectivity index (χ3n) is 4.51. The van der Waals surface area contributed by atoms with Gasteiger partial charge < -0.3 is 5.32 Å². The lowest BCUT2D eigenvalue weighted by Gasteiger charge is -2.34. The summed E-state index contributed by atoms with van der Waals surface area (Å²) in [6.07, 6.45) is 3.59. The summed E-state index contributed by atoms with van der Waals surface area (Å²) < 4.78 is 0. The van der Waals surface area contributed by atoms with Crippen LogP contribution in [-0.4, -0.2) is 32.6 Å². The molecule has 1 aromatic heterocycles. The number of amides is 3. The highest BCUT2D eigenvalue weighted by atomic mass is 32.1. The van der Waals surface area contributed by atoms with Gasteiger partial charge in [-0.1, -0.05) is 44.9 Å². The zero-order valence-corrected chi connectivity index (χ0v) is 14.1. The first-order chi connectivity index (χ1) is 10.4. The van der Waals surface area contributed by atoms with Crippen molar-refractivity contribution in [2.75, 3.05) is 0 Å². The predicted molar refractivity (Wildman–Crippen MR) is 83.4 cm³/mol. The van der Waals surface area contributed by atoms with Gasteiger partial charge in [-0.3, -0.25) is 9.69 Å². The van der Waals surface area contributed by atoms with Gasteiger partial charge in [-0.25, -0.2) is 4.79 Å². The fourth-order valence-corrected chi connectivity index (χ4v) is 4.21. The van der Waals surface area contributed by atoms with Crippen molar-refractivity contribution in [1.82, 2.24) is 20.4 Å². The quantitative estimate of drug-likeness (QED) is 0.868. The van der Waals surface area contributed by atoms with Gasteiger partial charge in [-0.05, 0) is 18.8 Å². The summed E-state index contributed by atoms with van der Waals surface area (Å²) in [5, 5.41) is 12.8. The van der Waals surface area contributed by atoms with Gasteiger partial charge in [-0.15, -0.1) is 10.2 Å². The second-order valence-electron chi connectivity index (χ2n) is 6.79. The second kappa shape index (κ2) is 5.61. The molecule has 1 N–H and O–H groups in total. The van der Waals surface area contributed by atoms with Crippen LogP contribution in [0.2, 0.25) is 0 Å². The Morgan fingerprint density at radius 1 is 1.41 bits per heavy atom. The van der Waals surface area contributed by atoms with Gasteiger partial charge in [0.1, 0.15) is 15.6 Å². The number of imide groups is 1. The maximum absolute atomic E-state index is 12.8. The highest BCUT2D eigenvalue weighted by Crippen LogP contribution is 2.37. The third-order valence-corrected chi connectivity index (χ3v) is 5.72. The van der Waals surface area contributed by atoms with E-state index in [1.807, 2.05) is 0 Å². The Labute approximate surface area is 134 Å². The van der Waals surface area contributed by atoms with Gasteiger partial charge in [0.25, 0.3) is 5.91 Å². The summed E-state index contributed by atoms with van der Waals surface area (Å²) >= 11 is 1.47. The molecule has 0 bridgehead atoms. The molecular formula is C15H22N4O2S. The minimum atomic E-state index is -0.680. The number of hydrogen-bond donors (Lipinski definition) is 1. The number of carbonyl (C=O) groups excluding carboxylic acids is 2. The van der Waals surface area contributed by atoms with Gasteiger partial charge in [-0.2, -0.15) is 0 Å². The summed E-state index contributed by atoms with van der Waals surface area (Å²) in [7, 11) is 0. The molecule has 2 aliphatic rings. The van der Waals surface area contributed by atoms with E-state index in [4.69, 9.17) is 0 Å². The molecule has 7 heteroatoms. The molecule has 1 aliphatic carbocycles. The predicted octanol–water partition coefficient (Wildman–Crippen LogP) is 2.66. The van der Waals surface area contributed by atoms with Crippen LogP contribution in [0.5, 0.6) is 0 Å². The number of nitrogens with one attached hydrogen (secondary N) is 1. The van der Waals surface area contributed by atoms with Crippen LogP contribution in [0, 0.1) is 5.92 Å². The minimum Gasteiger partial charge on any atom is -0.323 e. The number of hydrogen-bond acceptors (Lipinski definition) is 5. The van der Waals surface area contributed by atoms with Gasteiger partial charge >= 0.3 is 6.03 Å². The summed E-state index contributed by atoms with van der Waals surface area (Å²) in [6, 6.07) is -0.291. The molecule has 1 aromatic rings. The Kier molecular flexibility index (Phi) is 3.92. The molecule has 1 saturated heterocycles. The van der Waals surface area contributed by atoms with Crippen molar-refractivity contribution in [3.05, 3.63) is 10.0 Å². The summed E-state index contributed by atoms with van der Waals surface area (Å²) in [6.45, 7) is 6.47. The van der Waals surface area contributed by atoms with E-state index in [0.29, 0.717) is 16.8 Å². The Morgan fingerprint density at radius 2 is 2.18 bits per heavy atom. The Balaban J connectivity index is 1.76. The third kappa shape index (κ3) is 2.62. The lowest BCUT2D eigenvalue weighted by molar-refractivity contribution is -0.133. The molecule has 3 amide bonds. The fraction of sp³-hybridized carbons (Fsp3) is 0.733. The van der Waals surface area contributed by atoms with Crippen molar-refractivity contribution in [2.24, 2.45) is 5.92 Å². The van der Waals surface area contributed by atoms with Crippen molar-refractivity contribution in [1.29, 1.82) is 0 Å². The van der Waals surface area contributed by atoms with Gasteiger partial charge in [0.2, 0.25) is 0 Å². The Hall–Kier alpha value is -1.50. The van der Waals surface area contributed by atoms with Crippen LogP contribution in [0.3, 0.4) is 0 Å². The first-order valence-electron chi connectivity index (χ1n) is 7.88. The molecule has 2 fully saturated rings. The highest BCUT2D eigenvalue weighted by molar-refractivity contribution is 7.11. The largest absolute Gasteiger partial charge is 0.325 e. The van der Waals surface area contributed by atoms with Gasteiger partial charge in [0.05, 0.1) is 6.54 Å². The van der Waals surface area contributed by atoms with Crippen molar-refractivity contribution in [2.45, 2.75) is 64.5 Å². The average Bonchev–Trinajstić information content (AvgIpc) is 2.99. The van der Waals surface area contributed by atoms with Crippen LogP contribution in [0.25, 0.3) is 0 Å². The van der Waals surface area contributed by atoms with Crippen LogP contribution in [0.4, 0.5) is 4.79 Å². The van der Waals surface area contributed by atoms with E-state index in [1.165, 1.54) is 16.2 Å². The molecule has 1 aliphatic heterocycles. The average molecular weight is 322 g/mol. The molecule has 120 valence electrons. The number of carbonyl (C=O) groups is 2. The highest BCUT2D eigenvalue weighted by Gasteiger charge is 2.52. The van der Waals surface area contributed by atoms with Crippen LogP contribution in [-0.2, 0) is 11.3 Å². The zero-order chi connectivity index (χ0) is 15.9. The molecule has 2 heterocycles. The van der Waals surface area contributed by atoms with Crippen LogP contribution in [0.15, 0.2) is 0 Å². The molecule has 3 rings (SSSR count). The fourth-order valence-electron chi connectivity index (χ4n) is 3.38. The smallest absolute Gasteiger partial charge is 0.323 e. The van der Waals surface area contributed by atoms with Crippen molar-refractivity contribution in [3.63, 3.8) is 0 Å². The summed E-state index contributed by atoms with van der Waals surface area (Å²) in [5.41, 5.74) is -0.680. The van der Waals surface area contributed by atoms with E-state index in [9.17, 15) is 9.59 Å². The maximum atomic E-state index is 12.8. The van der Waals surface area contributed by atoms with Crippen LogP contribution >= 0.6 is 11.3 Å². The normalized spacial score (nSPS) is 28.7. The van der Waals surface area contributed by atoms with Crippen molar-refractivity contribution < 1.29 is 9.59 Å². The Morgan fingerprint density at radius 3 is 2.82 bits per heavy atom. The molecule has 0 radical (unpaired) electrons. The number of rotatable bonds is 3. The first-order valence-corrected chi connectivity index (χ1v) is 8.69. The van der Waals surface area contributed by atoms with E-state index in [2.05, 4.69) is 36.3 Å².